The predicted molar refractivity (Wildman–Crippen MR) is 254 cm³/mol. The van der Waals surface area contributed by atoms with Gasteiger partial charge >= 0.3 is 7.60 Å². The van der Waals surface area contributed by atoms with Gasteiger partial charge in [0.2, 0.25) is 0 Å². The molecule has 8 nitrogen and oxygen atoms in total. The van der Waals surface area contributed by atoms with Gasteiger partial charge in [0, 0.05) is 16.7 Å². The Morgan fingerprint density at radius 3 is 1.54 bits per heavy atom. The van der Waals surface area contributed by atoms with E-state index < -0.39 is 7.60 Å². The quantitative estimate of drug-likeness (QED) is 0.0642. The van der Waals surface area contributed by atoms with E-state index in [1.807, 2.05) is 56.3 Å². The third-order valence-corrected chi connectivity index (χ3v) is 13.5. The lowest BCUT2D eigenvalue weighted by Crippen LogP contribution is -1.99. The molecule has 61 heavy (non-hydrogen) atoms. The highest BCUT2D eigenvalue weighted by Crippen LogP contribution is 2.51. The molecule has 0 radical (unpaired) electrons. The van der Waals surface area contributed by atoms with Crippen LogP contribution in [0.3, 0.4) is 0 Å². The maximum Gasteiger partial charge on any atom is 0.335 e. The molecule has 0 saturated carbocycles. The molecular formula is C50H49N2O6PS2. The molecule has 0 saturated heterocycles. The Hall–Kier alpha value is -5.74. The number of hydrogen-bond donors (Lipinski definition) is 0. The number of nitrogens with zero attached hydrogens (tertiary/aromatic N) is 2. The molecule has 2 heterocycles. The Morgan fingerprint density at radius 2 is 1.05 bits per heavy atom. The monoisotopic (exact) mass is 868 g/mol. The van der Waals surface area contributed by atoms with Gasteiger partial charge < -0.3 is 18.5 Å². The Balaban J connectivity index is 0.000000167. The number of aryl methyl sites for hydroxylation is 2. The Labute approximate surface area is 366 Å². The van der Waals surface area contributed by atoms with Gasteiger partial charge in [0.25, 0.3) is 0 Å². The summed E-state index contributed by atoms with van der Waals surface area (Å²) >= 11 is 3.43. The second kappa shape index (κ2) is 21.7. The SMILES string of the molecule is CCOP(=O)(Cc1ccc(-c2nc3ccc(C)cc3s2)cc1)OCC.COc1cccc(/C=C/c2ccc(-c3nc4ccc(C)cc4s3)cc2)c1.COc1cccc(C=O)c1. The summed E-state index contributed by atoms with van der Waals surface area (Å²) < 4.78 is 35.9. The first-order valence-corrected chi connectivity index (χ1v) is 23.2. The maximum absolute atomic E-state index is 12.6. The van der Waals surface area contributed by atoms with E-state index in [9.17, 15) is 9.36 Å². The Bertz CT molecular complexity index is 2750. The molecule has 0 aliphatic rings. The summed E-state index contributed by atoms with van der Waals surface area (Å²) in [6.07, 6.45) is 5.29. The van der Waals surface area contributed by atoms with Crippen molar-refractivity contribution in [2.45, 2.75) is 33.9 Å². The smallest absolute Gasteiger partial charge is 0.335 e. The lowest BCUT2D eigenvalue weighted by atomic mass is 10.1. The van der Waals surface area contributed by atoms with E-state index in [2.05, 4.69) is 92.7 Å². The number of carbonyl (C=O) groups excluding carboxylic acids is 1. The minimum atomic E-state index is -3.07. The fourth-order valence-corrected chi connectivity index (χ4v) is 10.0. The number of hydrogen-bond acceptors (Lipinski definition) is 10. The van der Waals surface area contributed by atoms with Gasteiger partial charge in [0.15, 0.2) is 0 Å². The summed E-state index contributed by atoms with van der Waals surface area (Å²) in [5, 5.41) is 2.05. The number of aromatic nitrogens is 2. The van der Waals surface area contributed by atoms with Gasteiger partial charge in [-0.15, -0.1) is 22.7 Å². The van der Waals surface area contributed by atoms with E-state index in [0.29, 0.717) is 24.5 Å². The number of aldehydes is 1. The average Bonchev–Trinajstić information content (AvgIpc) is 3.91. The molecule has 6 aromatic carbocycles. The van der Waals surface area contributed by atoms with Crippen LogP contribution in [0, 0.1) is 13.8 Å². The maximum atomic E-state index is 12.6. The molecule has 0 fully saturated rings. The molecule has 0 N–H and O–H groups in total. The second-order valence-electron chi connectivity index (χ2n) is 13.9. The summed E-state index contributed by atoms with van der Waals surface area (Å²) in [5.74, 6) is 1.58. The van der Waals surface area contributed by atoms with Crippen LogP contribution in [0.15, 0.2) is 133 Å². The number of rotatable bonds is 13. The first-order chi connectivity index (χ1) is 29.6. The van der Waals surface area contributed by atoms with Gasteiger partial charge in [-0.1, -0.05) is 97.1 Å². The molecule has 8 rings (SSSR count). The highest BCUT2D eigenvalue weighted by Gasteiger charge is 2.24. The van der Waals surface area contributed by atoms with Gasteiger partial charge in [0.05, 0.1) is 54.0 Å². The topological polar surface area (TPSA) is 96.8 Å². The molecule has 2 aromatic heterocycles. The van der Waals surface area contributed by atoms with E-state index in [0.717, 1.165) is 60.9 Å². The largest absolute Gasteiger partial charge is 0.497 e. The molecule has 0 bridgehead atoms. The minimum Gasteiger partial charge on any atom is -0.497 e. The number of benzene rings is 6. The molecular weight excluding hydrogens is 820 g/mol. The standard InChI is InChI=1S/C23H19NOS.C19H22NO3PS.C8H8O2/c1-16-6-13-21-22(14-16)26-23(24-21)19-11-9-17(10-12-19)7-8-18-4-3-5-20(15-18)25-2;1-4-22-24(21,23-5-2)13-15-7-9-16(10-8-15)19-20-17-11-6-14(3)12-18(17)25-19;1-10-8-4-2-3-7(5-8)6-9/h3-15H,1-2H3;6-12H,4-5,13H2,1-3H3;2-6H,1H3/b8-7+;;. The van der Waals surface area contributed by atoms with Crippen molar-refractivity contribution in [2.24, 2.45) is 0 Å². The lowest BCUT2D eigenvalue weighted by molar-refractivity contribution is 0.112. The summed E-state index contributed by atoms with van der Waals surface area (Å²) in [6.45, 7) is 8.60. The van der Waals surface area contributed by atoms with Crippen molar-refractivity contribution in [3.63, 3.8) is 0 Å². The number of thiazole rings is 2. The van der Waals surface area contributed by atoms with Crippen molar-refractivity contribution in [1.82, 2.24) is 9.97 Å². The van der Waals surface area contributed by atoms with Gasteiger partial charge in [-0.05, 0) is 104 Å². The normalized spacial score (nSPS) is 11.2. The van der Waals surface area contributed by atoms with Crippen molar-refractivity contribution in [1.29, 1.82) is 0 Å². The van der Waals surface area contributed by atoms with Gasteiger partial charge in [-0.25, -0.2) is 9.97 Å². The van der Waals surface area contributed by atoms with E-state index in [1.54, 1.807) is 61.2 Å². The molecule has 11 heteroatoms. The third kappa shape index (κ3) is 12.6. The Kier molecular flexibility index (Phi) is 15.9. The van der Waals surface area contributed by atoms with Crippen LogP contribution in [0.25, 0.3) is 53.7 Å². The minimum absolute atomic E-state index is 0.286. The first-order valence-electron chi connectivity index (χ1n) is 19.8. The van der Waals surface area contributed by atoms with Crippen LogP contribution >= 0.6 is 30.3 Å². The summed E-state index contributed by atoms with van der Waals surface area (Å²) in [6, 6.07) is 44.2. The Morgan fingerprint density at radius 1 is 0.574 bits per heavy atom. The summed E-state index contributed by atoms with van der Waals surface area (Å²) in [4.78, 5) is 19.7. The predicted octanol–water partition coefficient (Wildman–Crippen LogP) is 14.0. The highest BCUT2D eigenvalue weighted by atomic mass is 32.1. The fourth-order valence-electron chi connectivity index (χ4n) is 6.20. The number of ether oxygens (including phenoxy) is 2. The summed E-state index contributed by atoms with van der Waals surface area (Å²) in [5.41, 5.74) is 10.7. The van der Waals surface area contributed by atoms with E-state index in [1.165, 1.54) is 20.5 Å². The van der Waals surface area contributed by atoms with Crippen LogP contribution in [0.2, 0.25) is 0 Å². The lowest BCUT2D eigenvalue weighted by Gasteiger charge is -2.17. The second-order valence-corrected chi connectivity index (χ2v) is 18.0. The zero-order valence-electron chi connectivity index (χ0n) is 35.2. The van der Waals surface area contributed by atoms with Gasteiger partial charge in [-0.2, -0.15) is 0 Å². The molecule has 312 valence electrons. The van der Waals surface area contributed by atoms with Crippen molar-refractivity contribution in [2.75, 3.05) is 27.4 Å². The van der Waals surface area contributed by atoms with Gasteiger partial charge in [0.1, 0.15) is 27.8 Å². The number of carbonyl (C=O) groups is 1. The van der Waals surface area contributed by atoms with Crippen LogP contribution in [0.1, 0.15) is 52.0 Å². The molecule has 0 aliphatic heterocycles. The van der Waals surface area contributed by atoms with Crippen LogP contribution in [-0.2, 0) is 19.8 Å². The third-order valence-electron chi connectivity index (χ3n) is 9.27. The number of methoxy groups -OCH3 is 2. The zero-order chi connectivity index (χ0) is 43.2. The molecule has 8 aromatic rings. The van der Waals surface area contributed by atoms with E-state index in [-0.39, 0.29) is 6.16 Å². The van der Waals surface area contributed by atoms with Crippen molar-refractivity contribution < 1.29 is 27.9 Å². The van der Waals surface area contributed by atoms with Gasteiger partial charge in [-0.3, -0.25) is 9.36 Å². The molecule has 0 aliphatic carbocycles. The van der Waals surface area contributed by atoms with Crippen molar-refractivity contribution >= 4 is 69.1 Å². The first kappa shape index (κ1) is 44.8. The molecule has 0 unspecified atom stereocenters. The zero-order valence-corrected chi connectivity index (χ0v) is 37.7. The summed E-state index contributed by atoms with van der Waals surface area (Å²) in [7, 11) is 0.188. The van der Waals surface area contributed by atoms with Crippen LogP contribution in [0.4, 0.5) is 0 Å². The average molecular weight is 869 g/mol. The van der Waals surface area contributed by atoms with Crippen LogP contribution < -0.4 is 9.47 Å². The van der Waals surface area contributed by atoms with Crippen molar-refractivity contribution in [3.8, 4) is 32.6 Å². The van der Waals surface area contributed by atoms with Crippen LogP contribution in [0.5, 0.6) is 11.5 Å². The molecule has 0 atom stereocenters. The van der Waals surface area contributed by atoms with Crippen LogP contribution in [-0.4, -0.2) is 43.7 Å². The van der Waals surface area contributed by atoms with Crippen molar-refractivity contribution in [3.05, 3.63) is 167 Å². The highest BCUT2D eigenvalue weighted by molar-refractivity contribution is 7.53. The molecule has 0 spiro atoms. The van der Waals surface area contributed by atoms with E-state index >= 15 is 0 Å². The number of fused-ring (bicyclic) bond motifs is 2. The van der Waals surface area contributed by atoms with E-state index in [4.69, 9.17) is 28.5 Å². The molecule has 0 amide bonds. The fraction of sp³-hybridized carbons (Fsp3) is 0.180.